The molecule has 0 radical (unpaired) electrons. The minimum Gasteiger partial charge on any atom is -0.479 e. The molecule has 6 atom stereocenters. The van der Waals surface area contributed by atoms with E-state index in [1.807, 2.05) is 6.08 Å². The Hall–Kier alpha value is -1.72. The third-order valence-electron chi connectivity index (χ3n) is 7.49. The highest BCUT2D eigenvalue weighted by Crippen LogP contribution is 2.64. The summed E-state index contributed by atoms with van der Waals surface area (Å²) in [5.41, 5.74) is -1.00. The van der Waals surface area contributed by atoms with Gasteiger partial charge in [0, 0.05) is 10.8 Å². The average Bonchev–Trinajstić information content (AvgIpc) is 2.77. The minimum absolute atomic E-state index is 0.0173. The van der Waals surface area contributed by atoms with Crippen molar-refractivity contribution in [3.8, 4) is 0 Å². The molecule has 0 saturated heterocycles. The second-order valence-corrected chi connectivity index (χ2v) is 8.46. The molecule has 4 rings (SSSR count). The van der Waals surface area contributed by atoms with Gasteiger partial charge in [-0.3, -0.25) is 4.79 Å². The van der Waals surface area contributed by atoms with E-state index in [9.17, 15) is 24.9 Å². The second-order valence-electron chi connectivity index (χ2n) is 8.46. The summed E-state index contributed by atoms with van der Waals surface area (Å²) >= 11 is 0. The van der Waals surface area contributed by atoms with Crippen molar-refractivity contribution in [2.45, 2.75) is 51.2 Å². The SMILES string of the molecule is C[C@]12C=CC(=O)C=C1CC[C@@H]1C2=CC[C@@]2(C)[C@H]1C[C@@H](O)[C@]2(O)C(=O)O. The van der Waals surface area contributed by atoms with E-state index < -0.39 is 23.1 Å². The van der Waals surface area contributed by atoms with Gasteiger partial charge in [0.05, 0.1) is 6.10 Å². The van der Waals surface area contributed by atoms with Gasteiger partial charge in [0.1, 0.15) is 0 Å². The molecule has 4 aliphatic carbocycles. The Morgan fingerprint density at radius 1 is 1.32 bits per heavy atom. The van der Waals surface area contributed by atoms with E-state index in [0.29, 0.717) is 12.8 Å². The summed E-state index contributed by atoms with van der Waals surface area (Å²) in [6.07, 6.45) is 8.38. The number of carbonyl (C=O) groups excluding carboxylic acids is 1. The number of carboxylic acids is 1. The topological polar surface area (TPSA) is 94.8 Å². The molecule has 3 N–H and O–H groups in total. The molecule has 2 saturated carbocycles. The normalized spacial score (nSPS) is 48.2. The van der Waals surface area contributed by atoms with Gasteiger partial charge >= 0.3 is 5.97 Å². The molecule has 0 aromatic rings. The molecule has 0 amide bonds. The smallest absolute Gasteiger partial charge is 0.339 e. The molecule has 4 aliphatic rings. The van der Waals surface area contributed by atoms with Crippen LogP contribution < -0.4 is 0 Å². The number of carbonyl (C=O) groups is 2. The third kappa shape index (κ3) is 1.86. The molecule has 0 aromatic carbocycles. The molecular weight excluding hydrogens is 320 g/mol. The van der Waals surface area contributed by atoms with Crippen LogP contribution in [-0.4, -0.2) is 38.8 Å². The zero-order valence-electron chi connectivity index (χ0n) is 14.5. The molecule has 5 heteroatoms. The molecule has 25 heavy (non-hydrogen) atoms. The quantitative estimate of drug-likeness (QED) is 0.633. The predicted molar refractivity (Wildman–Crippen MR) is 90.6 cm³/mol. The first kappa shape index (κ1) is 16.7. The van der Waals surface area contributed by atoms with Crippen molar-refractivity contribution in [3.63, 3.8) is 0 Å². The summed E-state index contributed by atoms with van der Waals surface area (Å²) < 4.78 is 0. The zero-order chi connectivity index (χ0) is 18.2. The highest BCUT2D eigenvalue weighted by atomic mass is 16.4. The number of ketones is 1. The van der Waals surface area contributed by atoms with Crippen molar-refractivity contribution in [2.75, 3.05) is 0 Å². The Labute approximate surface area is 146 Å². The summed E-state index contributed by atoms with van der Waals surface area (Å²) in [7, 11) is 0. The molecule has 2 fully saturated rings. The number of hydrogen-bond acceptors (Lipinski definition) is 4. The van der Waals surface area contributed by atoms with E-state index in [4.69, 9.17) is 0 Å². The highest BCUT2D eigenvalue weighted by Gasteiger charge is 2.69. The van der Waals surface area contributed by atoms with E-state index in [-0.39, 0.29) is 23.0 Å². The Balaban J connectivity index is 1.81. The molecule has 134 valence electrons. The molecule has 0 aliphatic heterocycles. The average molecular weight is 344 g/mol. The molecule has 0 bridgehead atoms. The highest BCUT2D eigenvalue weighted by molar-refractivity contribution is 6.01. The maximum Gasteiger partial charge on any atom is 0.339 e. The summed E-state index contributed by atoms with van der Waals surface area (Å²) in [6.45, 7) is 3.90. The predicted octanol–water partition coefficient (Wildman–Crippen LogP) is 2.00. The Bertz CT molecular complexity index is 762. The Morgan fingerprint density at radius 2 is 2.04 bits per heavy atom. The summed E-state index contributed by atoms with van der Waals surface area (Å²) in [4.78, 5) is 23.5. The fraction of sp³-hybridized carbons (Fsp3) is 0.600. The van der Waals surface area contributed by atoms with Crippen LogP contribution in [0.3, 0.4) is 0 Å². The molecule has 0 unspecified atom stereocenters. The summed E-state index contributed by atoms with van der Waals surface area (Å²) in [5, 5.41) is 30.9. The van der Waals surface area contributed by atoms with Crippen LogP contribution in [0, 0.1) is 22.7 Å². The first-order chi connectivity index (χ1) is 11.6. The van der Waals surface area contributed by atoms with Crippen LogP contribution >= 0.6 is 0 Å². The van der Waals surface area contributed by atoms with Crippen LogP contribution in [0.4, 0.5) is 0 Å². The minimum atomic E-state index is -2.12. The number of rotatable bonds is 1. The number of aliphatic carboxylic acids is 1. The van der Waals surface area contributed by atoms with Crippen molar-refractivity contribution < 1.29 is 24.9 Å². The lowest BCUT2D eigenvalue weighted by Gasteiger charge is -2.52. The Kier molecular flexibility index (Phi) is 3.29. The number of fused-ring (bicyclic) bond motifs is 5. The van der Waals surface area contributed by atoms with Gasteiger partial charge < -0.3 is 15.3 Å². The fourth-order valence-electron chi connectivity index (χ4n) is 5.93. The number of hydrogen-bond donors (Lipinski definition) is 3. The zero-order valence-corrected chi connectivity index (χ0v) is 14.5. The van der Waals surface area contributed by atoms with E-state index in [0.717, 1.165) is 18.4 Å². The number of allylic oxidation sites excluding steroid dienone is 6. The van der Waals surface area contributed by atoms with E-state index in [1.54, 1.807) is 19.1 Å². The van der Waals surface area contributed by atoms with E-state index in [2.05, 4.69) is 13.0 Å². The van der Waals surface area contributed by atoms with Crippen molar-refractivity contribution in [2.24, 2.45) is 22.7 Å². The van der Waals surface area contributed by atoms with Gasteiger partial charge in [-0.1, -0.05) is 30.2 Å². The van der Waals surface area contributed by atoms with Crippen molar-refractivity contribution in [1.29, 1.82) is 0 Å². The molecular formula is C20H24O5. The van der Waals surface area contributed by atoms with Gasteiger partial charge in [-0.2, -0.15) is 0 Å². The largest absolute Gasteiger partial charge is 0.479 e. The van der Waals surface area contributed by atoms with Crippen LogP contribution in [0.2, 0.25) is 0 Å². The van der Waals surface area contributed by atoms with Gasteiger partial charge in [0.2, 0.25) is 0 Å². The molecule has 0 aromatic heterocycles. The van der Waals surface area contributed by atoms with Crippen LogP contribution in [0.1, 0.15) is 39.5 Å². The lowest BCUT2D eigenvalue weighted by molar-refractivity contribution is -0.187. The third-order valence-corrected chi connectivity index (χ3v) is 7.49. The van der Waals surface area contributed by atoms with Gasteiger partial charge in [0.25, 0.3) is 0 Å². The van der Waals surface area contributed by atoms with Crippen molar-refractivity contribution >= 4 is 11.8 Å². The standard InChI is InChI=1S/C20H24O5/c1-18-7-5-12(21)9-11(18)3-4-13-14(18)6-8-19(2)15(13)10-16(22)20(19,25)17(23)24/h5-7,9,13,15-16,22,25H,3-4,8,10H2,1-2H3,(H,23,24)/t13-,15+,16-,18+,19+,20+/m1/s1. The van der Waals surface area contributed by atoms with Crippen molar-refractivity contribution in [3.05, 3.63) is 35.5 Å². The fourth-order valence-corrected chi connectivity index (χ4v) is 5.93. The lowest BCUT2D eigenvalue weighted by Crippen LogP contribution is -2.58. The summed E-state index contributed by atoms with van der Waals surface area (Å²) in [5.74, 6) is -1.30. The molecule has 0 heterocycles. The maximum atomic E-state index is 11.8. The molecule has 0 spiro atoms. The first-order valence-electron chi connectivity index (χ1n) is 8.93. The van der Waals surface area contributed by atoms with Crippen LogP contribution in [0.5, 0.6) is 0 Å². The number of aliphatic hydroxyl groups is 2. The second kappa shape index (κ2) is 4.92. The molecule has 5 nitrogen and oxygen atoms in total. The van der Waals surface area contributed by atoms with Crippen LogP contribution in [0.25, 0.3) is 0 Å². The van der Waals surface area contributed by atoms with Crippen molar-refractivity contribution in [1.82, 2.24) is 0 Å². The summed E-state index contributed by atoms with van der Waals surface area (Å²) in [6, 6.07) is 0. The van der Waals surface area contributed by atoms with Crippen LogP contribution in [-0.2, 0) is 9.59 Å². The van der Waals surface area contributed by atoms with Gasteiger partial charge in [-0.15, -0.1) is 0 Å². The van der Waals surface area contributed by atoms with Gasteiger partial charge in [-0.05, 0) is 56.6 Å². The lowest BCUT2D eigenvalue weighted by atomic mass is 9.51. The first-order valence-corrected chi connectivity index (χ1v) is 8.93. The monoisotopic (exact) mass is 344 g/mol. The van der Waals surface area contributed by atoms with E-state index in [1.165, 1.54) is 5.57 Å². The number of carboxylic acid groups (broad SMARTS) is 1. The Morgan fingerprint density at radius 3 is 2.72 bits per heavy atom. The van der Waals surface area contributed by atoms with Gasteiger partial charge in [0.15, 0.2) is 11.4 Å². The van der Waals surface area contributed by atoms with E-state index >= 15 is 0 Å². The van der Waals surface area contributed by atoms with Crippen LogP contribution in [0.15, 0.2) is 35.5 Å². The van der Waals surface area contributed by atoms with Gasteiger partial charge in [-0.25, -0.2) is 4.79 Å². The maximum absolute atomic E-state index is 11.8. The number of aliphatic hydroxyl groups excluding tert-OH is 1.